The highest BCUT2D eigenvalue weighted by Crippen LogP contribution is 2.33. The number of benzene rings is 2. The molecule has 144 valence electrons. The third-order valence-corrected chi connectivity index (χ3v) is 4.68. The van der Waals surface area contributed by atoms with Crippen LogP contribution in [0.2, 0.25) is 0 Å². The van der Waals surface area contributed by atoms with Gasteiger partial charge in [0, 0.05) is 22.2 Å². The van der Waals surface area contributed by atoms with Crippen LogP contribution in [0.5, 0.6) is 5.75 Å². The molecule has 0 aliphatic carbocycles. The zero-order valence-electron chi connectivity index (χ0n) is 15.0. The van der Waals surface area contributed by atoms with Gasteiger partial charge in [-0.3, -0.25) is 9.59 Å². The second kappa shape index (κ2) is 9.08. The first-order valence-corrected chi connectivity index (χ1v) is 9.79. The Bertz CT molecular complexity index is 1040. The van der Waals surface area contributed by atoms with Crippen molar-refractivity contribution in [3.8, 4) is 5.75 Å². The number of rotatable bonds is 7. The molecule has 28 heavy (non-hydrogen) atoms. The van der Waals surface area contributed by atoms with E-state index in [0.717, 1.165) is 15.8 Å². The quantitative estimate of drug-likeness (QED) is 0.279. The summed E-state index contributed by atoms with van der Waals surface area (Å²) in [6.07, 6.45) is 3.22. The Hall–Kier alpha value is -2.57. The van der Waals surface area contributed by atoms with Crippen LogP contribution < -0.4 is 10.1 Å². The fourth-order valence-electron chi connectivity index (χ4n) is 2.62. The molecule has 0 unspecified atom stereocenters. The van der Waals surface area contributed by atoms with E-state index >= 15 is 0 Å². The van der Waals surface area contributed by atoms with E-state index < -0.39 is 0 Å². The van der Waals surface area contributed by atoms with Gasteiger partial charge in [-0.15, -0.1) is 11.6 Å². The molecule has 3 aromatic rings. The predicted octanol–water partition coefficient (Wildman–Crippen LogP) is 5.67. The van der Waals surface area contributed by atoms with Gasteiger partial charge in [0.1, 0.15) is 11.3 Å². The van der Waals surface area contributed by atoms with Gasteiger partial charge in [-0.1, -0.05) is 34.1 Å². The summed E-state index contributed by atoms with van der Waals surface area (Å²) in [7, 11) is 1.59. The molecule has 3 rings (SSSR count). The Labute approximate surface area is 175 Å². The zero-order chi connectivity index (χ0) is 20.1. The number of fused-ring (bicyclic) bond motifs is 1. The molecule has 0 atom stereocenters. The molecular formula is C21H17BrClNO4. The number of anilines is 1. The average Bonchev–Trinajstić information content (AvgIpc) is 3.04. The summed E-state index contributed by atoms with van der Waals surface area (Å²) in [5.41, 5.74) is 1.68. The van der Waals surface area contributed by atoms with Crippen LogP contribution in [-0.4, -0.2) is 24.7 Å². The van der Waals surface area contributed by atoms with Gasteiger partial charge in [-0.2, -0.15) is 0 Å². The van der Waals surface area contributed by atoms with E-state index in [1.807, 2.05) is 12.1 Å². The van der Waals surface area contributed by atoms with Crippen LogP contribution in [0.15, 0.2) is 57.4 Å². The Kier molecular flexibility index (Phi) is 6.54. The molecule has 0 saturated carbocycles. The SMILES string of the molecule is COc1ccc(/C=C/C(=O)c2oc3ccc(Br)cc3c2NC(=O)CCCl)cc1. The second-order valence-electron chi connectivity index (χ2n) is 5.90. The molecule has 7 heteroatoms. The predicted molar refractivity (Wildman–Crippen MR) is 114 cm³/mol. The van der Waals surface area contributed by atoms with Crippen molar-refractivity contribution in [3.05, 3.63) is 64.3 Å². The van der Waals surface area contributed by atoms with Crippen molar-refractivity contribution in [2.24, 2.45) is 0 Å². The van der Waals surface area contributed by atoms with Gasteiger partial charge < -0.3 is 14.5 Å². The summed E-state index contributed by atoms with van der Waals surface area (Å²) in [6, 6.07) is 12.6. The van der Waals surface area contributed by atoms with Gasteiger partial charge in [-0.05, 0) is 42.0 Å². The van der Waals surface area contributed by atoms with Gasteiger partial charge in [0.25, 0.3) is 0 Å². The molecule has 0 aliphatic heterocycles. The van der Waals surface area contributed by atoms with Crippen LogP contribution in [0.1, 0.15) is 22.5 Å². The van der Waals surface area contributed by atoms with E-state index in [4.69, 9.17) is 20.8 Å². The first kappa shape index (κ1) is 20.2. The normalized spacial score (nSPS) is 11.1. The molecule has 0 saturated heterocycles. The lowest BCUT2D eigenvalue weighted by Gasteiger charge is -2.04. The topological polar surface area (TPSA) is 68.5 Å². The molecule has 0 aliphatic rings. The highest BCUT2D eigenvalue weighted by Gasteiger charge is 2.21. The van der Waals surface area contributed by atoms with E-state index in [9.17, 15) is 9.59 Å². The number of ketones is 1. The monoisotopic (exact) mass is 461 g/mol. The number of allylic oxidation sites excluding steroid dienone is 1. The Balaban J connectivity index is 1.94. The smallest absolute Gasteiger partial charge is 0.225 e. The van der Waals surface area contributed by atoms with Crippen molar-refractivity contribution in [1.29, 1.82) is 0 Å². The highest BCUT2D eigenvalue weighted by molar-refractivity contribution is 9.10. The van der Waals surface area contributed by atoms with Crippen LogP contribution in [0.4, 0.5) is 5.69 Å². The number of furan rings is 1. The van der Waals surface area contributed by atoms with Crippen LogP contribution >= 0.6 is 27.5 Å². The zero-order valence-corrected chi connectivity index (χ0v) is 17.3. The number of hydrogen-bond donors (Lipinski definition) is 1. The molecule has 0 radical (unpaired) electrons. The van der Waals surface area contributed by atoms with Gasteiger partial charge >= 0.3 is 0 Å². The first-order valence-electron chi connectivity index (χ1n) is 8.46. The van der Waals surface area contributed by atoms with Crippen molar-refractivity contribution in [1.82, 2.24) is 0 Å². The maximum atomic E-state index is 12.8. The fraction of sp³-hybridized carbons (Fsp3) is 0.143. The largest absolute Gasteiger partial charge is 0.497 e. The van der Waals surface area contributed by atoms with Gasteiger partial charge in [0.2, 0.25) is 11.7 Å². The lowest BCUT2D eigenvalue weighted by Crippen LogP contribution is -2.13. The number of carbonyl (C=O) groups excluding carboxylic acids is 2. The van der Waals surface area contributed by atoms with Crippen molar-refractivity contribution in [3.63, 3.8) is 0 Å². The molecule has 0 bridgehead atoms. The van der Waals surface area contributed by atoms with Crippen molar-refractivity contribution in [2.75, 3.05) is 18.3 Å². The van der Waals surface area contributed by atoms with Crippen LogP contribution in [0.3, 0.4) is 0 Å². The number of hydrogen-bond acceptors (Lipinski definition) is 4. The van der Waals surface area contributed by atoms with Crippen molar-refractivity contribution >= 4 is 62.0 Å². The van der Waals surface area contributed by atoms with Crippen LogP contribution in [0, 0.1) is 0 Å². The van der Waals surface area contributed by atoms with Crippen LogP contribution in [-0.2, 0) is 4.79 Å². The maximum absolute atomic E-state index is 12.8. The van der Waals surface area contributed by atoms with Crippen molar-refractivity contribution in [2.45, 2.75) is 6.42 Å². The standard InChI is InChI=1S/C21H17BrClNO4/c1-27-15-6-2-13(3-7-15)4-8-17(25)21-20(24-19(26)10-11-23)16-12-14(22)5-9-18(16)28-21/h2-9,12H,10-11H2,1H3,(H,24,26)/b8-4+. The third kappa shape index (κ3) is 4.64. The van der Waals surface area contributed by atoms with E-state index in [2.05, 4.69) is 21.2 Å². The lowest BCUT2D eigenvalue weighted by atomic mass is 10.1. The number of methoxy groups -OCH3 is 1. The minimum absolute atomic E-state index is 0.0702. The molecule has 1 aromatic heterocycles. The summed E-state index contributed by atoms with van der Waals surface area (Å²) in [4.78, 5) is 24.8. The van der Waals surface area contributed by atoms with Crippen molar-refractivity contribution < 1.29 is 18.7 Å². The van der Waals surface area contributed by atoms with E-state index in [-0.39, 0.29) is 29.8 Å². The molecule has 2 aromatic carbocycles. The van der Waals surface area contributed by atoms with Gasteiger partial charge in [0.15, 0.2) is 5.76 Å². The number of ether oxygens (including phenoxy) is 1. The van der Waals surface area contributed by atoms with E-state index in [1.165, 1.54) is 6.08 Å². The summed E-state index contributed by atoms with van der Waals surface area (Å²) < 4.78 is 11.7. The maximum Gasteiger partial charge on any atom is 0.225 e. The minimum atomic E-state index is -0.357. The molecule has 0 spiro atoms. The molecule has 1 N–H and O–H groups in total. The van der Waals surface area contributed by atoms with Gasteiger partial charge in [-0.25, -0.2) is 0 Å². The summed E-state index contributed by atoms with van der Waals surface area (Å²) in [5.74, 6) is 0.345. The lowest BCUT2D eigenvalue weighted by molar-refractivity contribution is -0.115. The molecule has 1 amide bonds. The molecular weight excluding hydrogens is 446 g/mol. The number of amides is 1. The van der Waals surface area contributed by atoms with E-state index in [0.29, 0.717) is 16.7 Å². The Morgan fingerprint density at radius 2 is 1.96 bits per heavy atom. The van der Waals surface area contributed by atoms with Gasteiger partial charge in [0.05, 0.1) is 12.8 Å². The number of carbonyl (C=O) groups is 2. The summed E-state index contributed by atoms with van der Waals surface area (Å²) in [6.45, 7) is 0. The second-order valence-corrected chi connectivity index (χ2v) is 7.20. The molecule has 5 nitrogen and oxygen atoms in total. The summed E-state index contributed by atoms with van der Waals surface area (Å²) >= 11 is 9.04. The Morgan fingerprint density at radius 3 is 2.64 bits per heavy atom. The Morgan fingerprint density at radius 1 is 1.21 bits per heavy atom. The number of nitrogens with one attached hydrogen (secondary N) is 1. The van der Waals surface area contributed by atoms with E-state index in [1.54, 1.807) is 43.5 Å². The minimum Gasteiger partial charge on any atom is -0.497 e. The third-order valence-electron chi connectivity index (χ3n) is 4.00. The summed E-state index contributed by atoms with van der Waals surface area (Å²) in [5, 5.41) is 3.38. The molecule has 0 fully saturated rings. The van der Waals surface area contributed by atoms with Crippen LogP contribution in [0.25, 0.3) is 17.0 Å². The fourth-order valence-corrected chi connectivity index (χ4v) is 3.15. The number of alkyl halides is 1. The molecule has 1 heterocycles. The average molecular weight is 463 g/mol. The number of halogens is 2. The highest BCUT2D eigenvalue weighted by atomic mass is 79.9. The first-order chi connectivity index (χ1) is 13.5.